The lowest BCUT2D eigenvalue weighted by Gasteiger charge is -2.35. The summed E-state index contributed by atoms with van der Waals surface area (Å²) in [5.41, 5.74) is 2.24. The van der Waals surface area contributed by atoms with Crippen LogP contribution in [-0.2, 0) is 22.4 Å². The Balaban J connectivity index is 1.56. The van der Waals surface area contributed by atoms with Crippen LogP contribution in [0, 0.1) is 11.7 Å². The second kappa shape index (κ2) is 10.3. The lowest BCUT2D eigenvalue weighted by Crippen LogP contribution is -2.50. The van der Waals surface area contributed by atoms with Gasteiger partial charge < -0.3 is 10.1 Å². The van der Waals surface area contributed by atoms with Gasteiger partial charge in [-0.25, -0.2) is 4.39 Å². The van der Waals surface area contributed by atoms with Gasteiger partial charge in [0.2, 0.25) is 5.91 Å². The van der Waals surface area contributed by atoms with Crippen LogP contribution in [0.3, 0.4) is 0 Å². The van der Waals surface area contributed by atoms with Gasteiger partial charge >= 0.3 is 0 Å². The molecule has 0 radical (unpaired) electrons. The minimum absolute atomic E-state index is 0.0376. The standard InChI is InChI=1S/C23H29FN2O2/c1-18(15-20-7-9-21(24)10-8-20)23(27)25-17-22(26-11-13-28-14-12-26)16-19-5-3-2-4-6-19/h2-10,18,22H,11-17H2,1H3,(H,25,27). The zero-order chi connectivity index (χ0) is 19.8. The van der Waals surface area contributed by atoms with Crippen LogP contribution in [0.2, 0.25) is 0 Å². The van der Waals surface area contributed by atoms with Gasteiger partial charge in [0.1, 0.15) is 5.82 Å². The van der Waals surface area contributed by atoms with E-state index in [4.69, 9.17) is 4.74 Å². The fraction of sp³-hybridized carbons (Fsp3) is 0.435. The topological polar surface area (TPSA) is 41.6 Å². The van der Waals surface area contributed by atoms with E-state index in [1.165, 1.54) is 17.7 Å². The predicted molar refractivity (Wildman–Crippen MR) is 109 cm³/mol. The second-order valence-corrected chi connectivity index (χ2v) is 7.47. The van der Waals surface area contributed by atoms with E-state index in [0.717, 1.165) is 38.3 Å². The molecule has 0 spiro atoms. The van der Waals surface area contributed by atoms with Crippen molar-refractivity contribution in [2.24, 2.45) is 5.92 Å². The highest BCUT2D eigenvalue weighted by Gasteiger charge is 2.23. The van der Waals surface area contributed by atoms with Crippen LogP contribution in [0.15, 0.2) is 54.6 Å². The van der Waals surface area contributed by atoms with Gasteiger partial charge in [0.15, 0.2) is 0 Å². The average Bonchev–Trinajstić information content (AvgIpc) is 2.74. The molecule has 1 amide bonds. The van der Waals surface area contributed by atoms with Crippen molar-refractivity contribution in [3.63, 3.8) is 0 Å². The third kappa shape index (κ3) is 6.14. The number of morpholine rings is 1. The molecule has 3 rings (SSSR count). The van der Waals surface area contributed by atoms with E-state index < -0.39 is 0 Å². The molecule has 1 N–H and O–H groups in total. The first kappa shape index (κ1) is 20.5. The zero-order valence-electron chi connectivity index (χ0n) is 16.4. The van der Waals surface area contributed by atoms with Gasteiger partial charge in [-0.1, -0.05) is 49.4 Å². The Kier molecular flexibility index (Phi) is 7.57. The summed E-state index contributed by atoms with van der Waals surface area (Å²) in [5.74, 6) is -0.377. The van der Waals surface area contributed by atoms with Crippen molar-refractivity contribution in [3.8, 4) is 0 Å². The Morgan fingerprint density at radius 3 is 2.36 bits per heavy atom. The van der Waals surface area contributed by atoms with E-state index >= 15 is 0 Å². The van der Waals surface area contributed by atoms with Crippen LogP contribution < -0.4 is 5.32 Å². The summed E-state index contributed by atoms with van der Waals surface area (Å²) in [4.78, 5) is 15.0. The number of benzene rings is 2. The molecular formula is C23H29FN2O2. The van der Waals surface area contributed by atoms with E-state index in [0.29, 0.717) is 13.0 Å². The number of hydrogen-bond donors (Lipinski definition) is 1. The van der Waals surface area contributed by atoms with Crippen molar-refractivity contribution >= 4 is 5.91 Å². The molecule has 0 aromatic heterocycles. The minimum atomic E-state index is -0.255. The van der Waals surface area contributed by atoms with Gasteiger partial charge in [0, 0.05) is 31.6 Å². The van der Waals surface area contributed by atoms with Gasteiger partial charge in [0.25, 0.3) is 0 Å². The van der Waals surface area contributed by atoms with Crippen molar-refractivity contribution in [1.29, 1.82) is 0 Å². The molecule has 1 heterocycles. The number of nitrogens with zero attached hydrogens (tertiary/aromatic N) is 1. The predicted octanol–water partition coefficient (Wildman–Crippen LogP) is 3.06. The monoisotopic (exact) mass is 384 g/mol. The SMILES string of the molecule is CC(Cc1ccc(F)cc1)C(=O)NCC(Cc1ccccc1)N1CCOCC1. The molecule has 0 saturated carbocycles. The summed E-state index contributed by atoms with van der Waals surface area (Å²) in [6.07, 6.45) is 1.50. The maximum absolute atomic E-state index is 13.1. The molecular weight excluding hydrogens is 355 g/mol. The van der Waals surface area contributed by atoms with Gasteiger partial charge in [-0.05, 0) is 36.1 Å². The Morgan fingerprint density at radius 1 is 1.04 bits per heavy atom. The second-order valence-electron chi connectivity index (χ2n) is 7.47. The van der Waals surface area contributed by atoms with E-state index in [9.17, 15) is 9.18 Å². The smallest absolute Gasteiger partial charge is 0.223 e. The molecule has 150 valence electrons. The highest BCUT2D eigenvalue weighted by Crippen LogP contribution is 2.13. The fourth-order valence-corrected chi connectivity index (χ4v) is 3.62. The number of carbonyl (C=O) groups excluding carboxylic acids is 1. The van der Waals surface area contributed by atoms with Crippen molar-refractivity contribution in [3.05, 3.63) is 71.5 Å². The average molecular weight is 384 g/mol. The summed E-state index contributed by atoms with van der Waals surface area (Å²) in [6.45, 7) is 5.78. The molecule has 2 aromatic carbocycles. The highest BCUT2D eigenvalue weighted by atomic mass is 19.1. The molecule has 2 aromatic rings. The molecule has 4 nitrogen and oxygen atoms in total. The van der Waals surface area contributed by atoms with Gasteiger partial charge in [-0.15, -0.1) is 0 Å². The van der Waals surface area contributed by atoms with Gasteiger partial charge in [-0.2, -0.15) is 0 Å². The molecule has 28 heavy (non-hydrogen) atoms. The Hall–Kier alpha value is -2.24. The summed E-state index contributed by atoms with van der Waals surface area (Å²) < 4.78 is 18.5. The van der Waals surface area contributed by atoms with Crippen LogP contribution in [0.1, 0.15) is 18.1 Å². The Morgan fingerprint density at radius 2 is 1.68 bits per heavy atom. The number of ether oxygens (including phenoxy) is 1. The number of amides is 1. The first-order valence-electron chi connectivity index (χ1n) is 9.99. The summed E-state index contributed by atoms with van der Waals surface area (Å²) in [5, 5.41) is 3.14. The number of rotatable bonds is 8. The Bertz CT molecular complexity index is 730. The largest absolute Gasteiger partial charge is 0.379 e. The van der Waals surface area contributed by atoms with Crippen LogP contribution in [0.4, 0.5) is 4.39 Å². The van der Waals surface area contributed by atoms with Crippen molar-refractivity contribution in [1.82, 2.24) is 10.2 Å². The summed E-state index contributed by atoms with van der Waals surface area (Å²) >= 11 is 0. The lowest BCUT2D eigenvalue weighted by atomic mass is 9.99. The number of halogens is 1. The zero-order valence-corrected chi connectivity index (χ0v) is 16.4. The summed E-state index contributed by atoms with van der Waals surface area (Å²) in [6, 6.07) is 17.0. The Labute approximate surface area is 166 Å². The van der Waals surface area contributed by atoms with Gasteiger partial charge in [-0.3, -0.25) is 9.69 Å². The minimum Gasteiger partial charge on any atom is -0.379 e. The lowest BCUT2D eigenvalue weighted by molar-refractivity contribution is -0.124. The molecule has 5 heteroatoms. The van der Waals surface area contributed by atoms with Crippen molar-refractivity contribution in [2.75, 3.05) is 32.8 Å². The van der Waals surface area contributed by atoms with Crippen molar-refractivity contribution < 1.29 is 13.9 Å². The van der Waals surface area contributed by atoms with Crippen LogP contribution in [-0.4, -0.2) is 49.7 Å². The van der Waals surface area contributed by atoms with E-state index in [2.05, 4.69) is 34.5 Å². The molecule has 2 atom stereocenters. The first-order valence-corrected chi connectivity index (χ1v) is 9.99. The van der Waals surface area contributed by atoms with Crippen LogP contribution >= 0.6 is 0 Å². The summed E-state index contributed by atoms with van der Waals surface area (Å²) in [7, 11) is 0. The number of carbonyl (C=O) groups is 1. The maximum Gasteiger partial charge on any atom is 0.223 e. The van der Waals surface area contributed by atoms with Gasteiger partial charge in [0.05, 0.1) is 13.2 Å². The molecule has 1 aliphatic rings. The molecule has 2 unspecified atom stereocenters. The number of nitrogens with one attached hydrogen (secondary N) is 1. The molecule has 0 aliphatic carbocycles. The molecule has 1 saturated heterocycles. The van der Waals surface area contributed by atoms with E-state index in [-0.39, 0.29) is 23.7 Å². The molecule has 1 aliphatic heterocycles. The third-order valence-corrected chi connectivity index (χ3v) is 5.29. The van der Waals surface area contributed by atoms with Crippen LogP contribution in [0.5, 0.6) is 0 Å². The maximum atomic E-state index is 13.1. The normalized spacial score (nSPS) is 17.1. The first-order chi connectivity index (χ1) is 13.6. The molecule has 1 fully saturated rings. The number of hydrogen-bond acceptors (Lipinski definition) is 3. The van der Waals surface area contributed by atoms with E-state index in [1.807, 2.05) is 13.0 Å². The fourth-order valence-electron chi connectivity index (χ4n) is 3.62. The van der Waals surface area contributed by atoms with E-state index in [1.54, 1.807) is 12.1 Å². The third-order valence-electron chi connectivity index (χ3n) is 5.29. The quantitative estimate of drug-likeness (QED) is 0.761. The van der Waals surface area contributed by atoms with Crippen molar-refractivity contribution in [2.45, 2.75) is 25.8 Å². The molecule has 0 bridgehead atoms. The highest BCUT2D eigenvalue weighted by molar-refractivity contribution is 5.78. The van der Waals surface area contributed by atoms with Crippen LogP contribution in [0.25, 0.3) is 0 Å².